The number of hydrogen-bond acceptors (Lipinski definition) is 5. The number of aromatic nitrogens is 1. The lowest BCUT2D eigenvalue weighted by atomic mass is 10.1. The van der Waals surface area contributed by atoms with Gasteiger partial charge in [-0.25, -0.2) is 12.7 Å². The molecule has 3 rings (SSSR count). The second-order valence-electron chi connectivity index (χ2n) is 6.45. The van der Waals surface area contributed by atoms with Crippen LogP contribution in [0.5, 0.6) is 0 Å². The Morgan fingerprint density at radius 3 is 2.48 bits per heavy atom. The van der Waals surface area contributed by atoms with Crippen LogP contribution in [0.3, 0.4) is 0 Å². The van der Waals surface area contributed by atoms with Crippen LogP contribution in [0.15, 0.2) is 57.9 Å². The van der Waals surface area contributed by atoms with E-state index < -0.39 is 10.0 Å². The molecule has 1 unspecified atom stereocenters. The molecule has 0 aliphatic carbocycles. The van der Waals surface area contributed by atoms with E-state index in [2.05, 4.69) is 10.5 Å². The topological polar surface area (TPSA) is 92.5 Å². The zero-order valence-corrected chi connectivity index (χ0v) is 16.2. The lowest BCUT2D eigenvalue weighted by Crippen LogP contribution is -2.28. The molecule has 142 valence electrons. The van der Waals surface area contributed by atoms with Crippen molar-refractivity contribution in [1.29, 1.82) is 0 Å². The molecule has 2 aromatic carbocycles. The molecule has 1 amide bonds. The van der Waals surface area contributed by atoms with Gasteiger partial charge in [-0.05, 0) is 36.8 Å². The van der Waals surface area contributed by atoms with Gasteiger partial charge in [-0.3, -0.25) is 4.79 Å². The largest absolute Gasteiger partial charge is 0.356 e. The van der Waals surface area contributed by atoms with Gasteiger partial charge in [-0.2, -0.15) is 0 Å². The Balaban J connectivity index is 1.68. The Morgan fingerprint density at radius 1 is 1.15 bits per heavy atom. The summed E-state index contributed by atoms with van der Waals surface area (Å²) in [6, 6.07) is 13.6. The van der Waals surface area contributed by atoms with Gasteiger partial charge in [0.25, 0.3) is 0 Å². The summed E-state index contributed by atoms with van der Waals surface area (Å²) < 4.78 is 30.6. The van der Waals surface area contributed by atoms with Gasteiger partial charge in [0, 0.05) is 19.5 Å². The first-order chi connectivity index (χ1) is 12.8. The zero-order valence-electron chi connectivity index (χ0n) is 15.3. The number of carbonyl (C=O) groups excluding carboxylic acids is 1. The number of fused-ring (bicyclic) bond motifs is 1. The molecule has 0 saturated carbocycles. The lowest BCUT2D eigenvalue weighted by Gasteiger charge is -2.16. The predicted octanol–water partition coefficient (Wildman–Crippen LogP) is 2.50. The van der Waals surface area contributed by atoms with E-state index in [-0.39, 0.29) is 23.3 Å². The number of para-hydroxylation sites is 1. The Kier molecular flexibility index (Phi) is 5.29. The number of hydrogen-bond donors (Lipinski definition) is 1. The van der Waals surface area contributed by atoms with Gasteiger partial charge < -0.3 is 9.84 Å². The van der Waals surface area contributed by atoms with E-state index in [1.54, 1.807) is 30.3 Å². The maximum Gasteiger partial charge on any atom is 0.242 e. The van der Waals surface area contributed by atoms with Crippen LogP contribution in [0.4, 0.5) is 0 Å². The summed E-state index contributed by atoms with van der Waals surface area (Å²) in [7, 11) is -0.499. The molecular formula is C19H21N3O4S. The smallest absolute Gasteiger partial charge is 0.242 e. The normalized spacial score (nSPS) is 13.0. The highest BCUT2D eigenvalue weighted by molar-refractivity contribution is 7.89. The van der Waals surface area contributed by atoms with Gasteiger partial charge in [0.15, 0.2) is 5.58 Å². The molecule has 0 spiro atoms. The van der Waals surface area contributed by atoms with Crippen molar-refractivity contribution < 1.29 is 17.7 Å². The predicted molar refractivity (Wildman–Crippen MR) is 102 cm³/mol. The van der Waals surface area contributed by atoms with Gasteiger partial charge in [0.05, 0.1) is 17.4 Å². The molecule has 1 atom stereocenters. The van der Waals surface area contributed by atoms with Gasteiger partial charge >= 0.3 is 0 Å². The average Bonchev–Trinajstić information content (AvgIpc) is 3.04. The SMILES string of the molecule is CC(NC(=O)Cc1noc2ccccc12)c1ccc(S(=O)(=O)N(C)C)cc1. The first kappa shape index (κ1) is 19.1. The molecule has 0 aliphatic heterocycles. The van der Waals surface area contributed by atoms with Gasteiger partial charge in [-0.1, -0.05) is 29.4 Å². The third-order valence-electron chi connectivity index (χ3n) is 4.32. The summed E-state index contributed by atoms with van der Waals surface area (Å²) >= 11 is 0. The van der Waals surface area contributed by atoms with E-state index in [0.717, 1.165) is 15.3 Å². The third-order valence-corrected chi connectivity index (χ3v) is 6.15. The van der Waals surface area contributed by atoms with Crippen LogP contribution < -0.4 is 5.32 Å². The highest BCUT2D eigenvalue weighted by atomic mass is 32.2. The second-order valence-corrected chi connectivity index (χ2v) is 8.60. The Labute approximate surface area is 158 Å². The van der Waals surface area contributed by atoms with Crippen molar-refractivity contribution in [3.8, 4) is 0 Å². The summed E-state index contributed by atoms with van der Waals surface area (Å²) in [5.74, 6) is -0.188. The van der Waals surface area contributed by atoms with Crippen molar-refractivity contribution in [2.75, 3.05) is 14.1 Å². The molecule has 0 fully saturated rings. The molecule has 0 aliphatic rings. The molecule has 1 aromatic heterocycles. The molecule has 0 radical (unpaired) electrons. The third kappa shape index (κ3) is 4.01. The number of amides is 1. The summed E-state index contributed by atoms with van der Waals surface area (Å²) in [5, 5.41) is 7.68. The molecule has 0 saturated heterocycles. The number of rotatable bonds is 6. The molecule has 27 heavy (non-hydrogen) atoms. The van der Waals surface area contributed by atoms with Crippen molar-refractivity contribution in [3.05, 3.63) is 59.8 Å². The van der Waals surface area contributed by atoms with Crippen molar-refractivity contribution in [2.24, 2.45) is 0 Å². The van der Waals surface area contributed by atoms with Crippen LogP contribution in [0.1, 0.15) is 24.2 Å². The van der Waals surface area contributed by atoms with E-state index in [1.807, 2.05) is 25.1 Å². The van der Waals surface area contributed by atoms with Crippen LogP contribution in [0.25, 0.3) is 11.0 Å². The molecule has 1 heterocycles. The highest BCUT2D eigenvalue weighted by Gasteiger charge is 2.18. The minimum atomic E-state index is -3.47. The highest BCUT2D eigenvalue weighted by Crippen LogP contribution is 2.20. The van der Waals surface area contributed by atoms with E-state index >= 15 is 0 Å². The standard InChI is InChI=1S/C19H21N3O4S/c1-13(14-8-10-15(11-9-14)27(24,25)22(2)3)20-19(23)12-17-16-6-4-5-7-18(16)26-21-17/h4-11,13H,12H2,1-3H3,(H,20,23). The van der Waals surface area contributed by atoms with Crippen LogP contribution in [-0.2, 0) is 21.2 Å². The van der Waals surface area contributed by atoms with Crippen molar-refractivity contribution in [3.63, 3.8) is 0 Å². The number of benzene rings is 2. The second kappa shape index (κ2) is 7.50. The first-order valence-electron chi connectivity index (χ1n) is 8.44. The summed E-state index contributed by atoms with van der Waals surface area (Å²) in [6.45, 7) is 1.84. The Bertz CT molecular complexity index is 1060. The van der Waals surface area contributed by atoms with Crippen molar-refractivity contribution >= 4 is 26.9 Å². The average molecular weight is 387 g/mol. The molecule has 7 nitrogen and oxygen atoms in total. The minimum Gasteiger partial charge on any atom is -0.356 e. The minimum absolute atomic E-state index is 0.106. The molecule has 8 heteroatoms. The zero-order chi connectivity index (χ0) is 19.6. The van der Waals surface area contributed by atoms with Gasteiger partial charge in [0.2, 0.25) is 15.9 Å². The van der Waals surface area contributed by atoms with E-state index in [0.29, 0.717) is 11.3 Å². The van der Waals surface area contributed by atoms with Crippen LogP contribution in [0, 0.1) is 0 Å². The van der Waals surface area contributed by atoms with Crippen LogP contribution in [-0.4, -0.2) is 37.9 Å². The van der Waals surface area contributed by atoms with Crippen LogP contribution in [0.2, 0.25) is 0 Å². The maximum absolute atomic E-state index is 12.4. The van der Waals surface area contributed by atoms with E-state index in [9.17, 15) is 13.2 Å². The molecule has 1 N–H and O–H groups in total. The fourth-order valence-corrected chi connectivity index (χ4v) is 3.63. The summed E-state index contributed by atoms with van der Waals surface area (Å²) in [6.07, 6.45) is 0.106. The van der Waals surface area contributed by atoms with Crippen molar-refractivity contribution in [2.45, 2.75) is 24.3 Å². The van der Waals surface area contributed by atoms with Crippen molar-refractivity contribution in [1.82, 2.24) is 14.8 Å². The molecule has 3 aromatic rings. The van der Waals surface area contributed by atoms with Gasteiger partial charge in [0.1, 0.15) is 5.69 Å². The fraction of sp³-hybridized carbons (Fsp3) is 0.263. The monoisotopic (exact) mass is 387 g/mol. The molecular weight excluding hydrogens is 366 g/mol. The number of carbonyl (C=O) groups is 1. The summed E-state index contributed by atoms with van der Waals surface area (Å²) in [5.41, 5.74) is 2.04. The quantitative estimate of drug-likeness (QED) is 0.701. The Hall–Kier alpha value is -2.71. The lowest BCUT2D eigenvalue weighted by molar-refractivity contribution is -0.121. The van der Waals surface area contributed by atoms with E-state index in [1.165, 1.54) is 14.1 Å². The van der Waals surface area contributed by atoms with Crippen LogP contribution >= 0.6 is 0 Å². The Morgan fingerprint density at radius 2 is 1.81 bits per heavy atom. The fourth-order valence-electron chi connectivity index (χ4n) is 2.73. The molecule has 0 bridgehead atoms. The number of sulfonamides is 1. The van der Waals surface area contributed by atoms with Gasteiger partial charge in [-0.15, -0.1) is 0 Å². The first-order valence-corrected chi connectivity index (χ1v) is 9.88. The number of nitrogens with one attached hydrogen (secondary N) is 1. The number of nitrogens with zero attached hydrogens (tertiary/aromatic N) is 2. The maximum atomic E-state index is 12.4. The van der Waals surface area contributed by atoms with E-state index in [4.69, 9.17) is 4.52 Å². The summed E-state index contributed by atoms with van der Waals surface area (Å²) in [4.78, 5) is 12.6.